The third-order valence-corrected chi connectivity index (χ3v) is 20.0. The van der Waals surface area contributed by atoms with E-state index in [1.54, 1.807) is 0 Å². The summed E-state index contributed by atoms with van der Waals surface area (Å²) < 4.78 is 0. The van der Waals surface area contributed by atoms with E-state index in [0.717, 1.165) is 193 Å². The first kappa shape index (κ1) is 129. The molecule has 0 heterocycles. The molecular weight excluding hydrogens is 1590 g/mol. The molecule has 121 heavy (non-hydrogen) atoms. The van der Waals surface area contributed by atoms with Gasteiger partial charge in [0.15, 0.2) is 0 Å². The van der Waals surface area contributed by atoms with Crippen LogP contribution in [-0.4, -0.2) is 35.8 Å². The number of carbonyl (C=O) groups is 6. The maximum Gasteiger partial charge on any atom is 0.0414 e. The van der Waals surface area contributed by atoms with Crippen molar-refractivity contribution in [2.45, 2.75) is 504 Å². The predicted molar refractivity (Wildman–Crippen MR) is 506 cm³/mol. The van der Waals surface area contributed by atoms with Gasteiger partial charge >= 0.3 is 0 Å². The molecule has 0 saturated carbocycles. The minimum absolute atomic E-state index is 0. The fourth-order valence-electron chi connectivity index (χ4n) is 12.5. The summed E-state index contributed by atoms with van der Waals surface area (Å²) in [5, 5.41) is 61.2. The van der Waals surface area contributed by atoms with Crippen molar-refractivity contribution in [2.24, 2.45) is 0 Å². The molecule has 0 rings (SSSR count). The van der Waals surface area contributed by atoms with E-state index in [1.165, 1.54) is 231 Å². The molecule has 0 fully saturated rings. The molecule has 0 aromatic rings. The molecule has 0 aliphatic heterocycles. The predicted octanol–water partition coefficient (Wildman–Crippen LogP) is 27.3. The van der Waals surface area contributed by atoms with E-state index in [4.69, 9.17) is 0 Å². The van der Waals surface area contributed by atoms with Gasteiger partial charge in [0, 0.05) is 56.9 Å². The minimum atomic E-state index is -0.921. The van der Waals surface area contributed by atoms with Crippen LogP contribution in [0.15, 0.2) is 146 Å². The Kier molecular flexibility index (Phi) is 133. The van der Waals surface area contributed by atoms with Gasteiger partial charge in [-0.25, -0.2) is 0 Å². The quantitative estimate of drug-likeness (QED) is 0.0314. The van der Waals surface area contributed by atoms with Gasteiger partial charge in [0.05, 0.1) is 0 Å². The van der Waals surface area contributed by atoms with Crippen LogP contribution in [0.1, 0.15) is 504 Å². The van der Waals surface area contributed by atoms with E-state index in [1.807, 2.05) is 0 Å². The average molecular weight is 1770 g/mol. The smallest absolute Gasteiger partial charge is 0.0414 e. The molecule has 0 aromatic carbocycles. The maximum atomic E-state index is 10.2. The van der Waals surface area contributed by atoms with Crippen LogP contribution in [0.5, 0.6) is 0 Å². The van der Waals surface area contributed by atoms with Crippen LogP contribution < -0.4 is 30.6 Å². The molecule has 12 nitrogen and oxygen atoms in total. The minimum Gasteiger partial charge on any atom is -0.550 e. The second-order valence-electron chi connectivity index (χ2n) is 32.1. The number of hydrogen-bond donors (Lipinski definition) is 0. The van der Waals surface area contributed by atoms with Crippen molar-refractivity contribution in [2.75, 3.05) is 0 Å². The molecule has 0 aliphatic carbocycles. The summed E-state index contributed by atoms with van der Waals surface area (Å²) in [7, 11) is 0. The van der Waals surface area contributed by atoms with Gasteiger partial charge in [0.1, 0.15) is 0 Å². The monoisotopic (exact) mass is 1770 g/mol. The van der Waals surface area contributed by atoms with E-state index < -0.39 is 35.8 Å². The molecule has 0 bridgehead atoms. The van der Waals surface area contributed by atoms with Gasteiger partial charge in [-0.15, -0.1) is 0 Å². The summed E-state index contributed by atoms with van der Waals surface area (Å²) in [6.45, 7) is 13.4. The summed E-state index contributed by atoms with van der Waals surface area (Å²) in [5.41, 5.74) is 0. The molecule has 0 amide bonds. The second-order valence-corrected chi connectivity index (χ2v) is 32.1. The number of aliphatic carboxylic acids is 6. The Hall–Kier alpha value is -5.61. The molecule has 0 aliphatic rings. The van der Waals surface area contributed by atoms with Gasteiger partial charge in [-0.05, 0) is 270 Å². The van der Waals surface area contributed by atoms with E-state index in [9.17, 15) is 59.4 Å². The molecule has 0 spiro atoms. The first-order valence-electron chi connectivity index (χ1n) is 49.6. The Morgan fingerprint density at radius 3 is 0.331 bits per heavy atom. The molecule has 0 atom stereocenters. The standard InChI is InChI=1S/6C18H32O2.Mo/c6*1-2-3-4-5-6-7-8-9-10-11-12-13-14-15-16-17-18(19)20;/h6*6-7,9-10H,2-5,8,11-17H2,1H3,(H,19,20);/p-6/b6*7-6-,10-9-;. The number of carbonyl (C=O) groups excluding carboxylic acids is 6. The molecular formula is C108H186MoO12-6. The summed E-state index contributed by atoms with van der Waals surface area (Å²) in [4.78, 5) is 61.2. The zero-order chi connectivity index (χ0) is 89.3. The van der Waals surface area contributed by atoms with Crippen LogP contribution in [0.2, 0.25) is 0 Å². The number of allylic oxidation sites excluding steroid dienone is 24. The van der Waals surface area contributed by atoms with Crippen molar-refractivity contribution < 1.29 is 80.5 Å². The third-order valence-electron chi connectivity index (χ3n) is 20.0. The number of hydrogen-bond acceptors (Lipinski definition) is 12. The van der Waals surface area contributed by atoms with E-state index in [-0.39, 0.29) is 59.6 Å². The van der Waals surface area contributed by atoms with Gasteiger partial charge in [0.2, 0.25) is 0 Å². The summed E-state index contributed by atoms with van der Waals surface area (Å²) in [6.07, 6.45) is 132. The molecule has 0 saturated heterocycles. The first-order chi connectivity index (χ1) is 58.6. The number of carboxylic acid groups (broad SMARTS) is 6. The van der Waals surface area contributed by atoms with E-state index in [0.29, 0.717) is 0 Å². The Morgan fingerprint density at radius 2 is 0.231 bits per heavy atom. The Balaban J connectivity index is -0.000000257. The van der Waals surface area contributed by atoms with E-state index in [2.05, 4.69) is 187 Å². The van der Waals surface area contributed by atoms with Crippen LogP contribution in [0.3, 0.4) is 0 Å². The first-order valence-corrected chi connectivity index (χ1v) is 49.6. The molecule has 0 radical (unpaired) electrons. The van der Waals surface area contributed by atoms with Crippen LogP contribution >= 0.6 is 0 Å². The number of rotatable bonds is 84. The summed E-state index contributed by atoms with van der Waals surface area (Å²) in [6, 6.07) is 0. The second kappa shape index (κ2) is 125. The molecule has 0 aromatic heterocycles. The normalized spacial score (nSPS) is 11.6. The number of unbranched alkanes of at least 4 members (excludes halogenated alkanes) is 48. The van der Waals surface area contributed by atoms with Crippen molar-refractivity contribution in [3.63, 3.8) is 0 Å². The summed E-state index contributed by atoms with van der Waals surface area (Å²) in [5.74, 6) is -5.52. The van der Waals surface area contributed by atoms with Crippen molar-refractivity contribution in [3.05, 3.63) is 146 Å². The zero-order valence-electron chi connectivity index (χ0n) is 79.1. The van der Waals surface area contributed by atoms with Crippen LogP contribution in [0.4, 0.5) is 0 Å². The van der Waals surface area contributed by atoms with Gasteiger partial charge in [-0.3, -0.25) is 0 Å². The fraction of sp³-hybridized carbons (Fsp3) is 0.722. The Labute approximate surface area is 761 Å². The average Bonchev–Trinajstić information content (AvgIpc) is 1.37. The van der Waals surface area contributed by atoms with Gasteiger partial charge in [-0.1, -0.05) is 380 Å². The van der Waals surface area contributed by atoms with Gasteiger partial charge in [-0.2, -0.15) is 0 Å². The Morgan fingerprint density at radius 1 is 0.140 bits per heavy atom. The molecule has 13 heteroatoms. The Bertz CT molecular complexity index is 2040. The van der Waals surface area contributed by atoms with Crippen LogP contribution in [0, 0.1) is 0 Å². The topological polar surface area (TPSA) is 241 Å². The van der Waals surface area contributed by atoms with Crippen molar-refractivity contribution >= 4 is 35.8 Å². The SMILES string of the molecule is CCCCC/C=C\C/C=C\CCCCCCCC(=O)[O-].CCCCC/C=C\C/C=C\CCCCCCCC(=O)[O-].CCCCC/C=C\C/C=C\CCCCCCCC(=O)[O-].CCCCC/C=C\C/C=C\CCCCCCCC(=O)[O-].CCCCC/C=C\C/C=C\CCCCCCCC(=O)[O-].CCCCC/C=C\C/C=C\CCCCCCCC(=O)[O-].[Mo]. The van der Waals surface area contributed by atoms with Gasteiger partial charge < -0.3 is 59.4 Å². The zero-order valence-corrected chi connectivity index (χ0v) is 81.1. The number of carboxylic acids is 6. The van der Waals surface area contributed by atoms with Crippen molar-refractivity contribution in [1.82, 2.24) is 0 Å². The van der Waals surface area contributed by atoms with E-state index >= 15 is 0 Å². The van der Waals surface area contributed by atoms with Crippen molar-refractivity contribution in [1.29, 1.82) is 0 Å². The molecule has 702 valence electrons. The van der Waals surface area contributed by atoms with Crippen LogP contribution in [-0.2, 0) is 49.8 Å². The van der Waals surface area contributed by atoms with Crippen molar-refractivity contribution in [3.8, 4) is 0 Å². The fourth-order valence-corrected chi connectivity index (χ4v) is 12.5. The van der Waals surface area contributed by atoms with Gasteiger partial charge in [0.25, 0.3) is 0 Å². The van der Waals surface area contributed by atoms with Crippen LogP contribution in [0.25, 0.3) is 0 Å². The molecule has 0 N–H and O–H groups in total. The largest absolute Gasteiger partial charge is 0.550 e. The maximum absolute atomic E-state index is 10.2. The third kappa shape index (κ3) is 156. The molecule has 0 unspecified atom stereocenters. The summed E-state index contributed by atoms with van der Waals surface area (Å²) >= 11 is 0.